The predicted molar refractivity (Wildman–Crippen MR) is 93.5 cm³/mol. The molecule has 0 aromatic heterocycles. The van der Waals surface area contributed by atoms with Gasteiger partial charge >= 0.3 is 0 Å². The highest BCUT2D eigenvalue weighted by molar-refractivity contribution is 6.37. The van der Waals surface area contributed by atoms with Gasteiger partial charge in [-0.3, -0.25) is 4.79 Å². The van der Waals surface area contributed by atoms with Crippen molar-refractivity contribution in [2.24, 2.45) is 0 Å². The van der Waals surface area contributed by atoms with E-state index >= 15 is 0 Å². The lowest BCUT2D eigenvalue weighted by molar-refractivity contribution is -0.123. The number of ether oxygens (including phenoxy) is 3. The first-order valence-corrected chi connectivity index (χ1v) is 7.96. The normalized spacial score (nSPS) is 10.1. The standard InChI is InChI=1S/C17H17Cl2NO4/c1-22-14-7-2-3-8-15(14)23-10-9-20-16(21)11-24-17-12(18)5-4-6-13(17)19/h2-8H,9-11H2,1H3,(H,20,21). The summed E-state index contributed by atoms with van der Waals surface area (Å²) in [5, 5.41) is 3.40. The van der Waals surface area contributed by atoms with E-state index < -0.39 is 0 Å². The van der Waals surface area contributed by atoms with Crippen molar-refractivity contribution in [3.05, 3.63) is 52.5 Å². The third-order valence-corrected chi connectivity index (χ3v) is 3.61. The third kappa shape index (κ3) is 5.22. The number of carbonyl (C=O) groups excluding carboxylic acids is 1. The van der Waals surface area contributed by atoms with E-state index in [1.165, 1.54) is 0 Å². The quantitative estimate of drug-likeness (QED) is 0.722. The van der Waals surface area contributed by atoms with E-state index in [2.05, 4.69) is 5.32 Å². The Bertz CT molecular complexity index is 674. The number of rotatable bonds is 8. The van der Waals surface area contributed by atoms with E-state index in [0.29, 0.717) is 40.4 Å². The lowest BCUT2D eigenvalue weighted by Gasteiger charge is -2.12. The third-order valence-electron chi connectivity index (χ3n) is 3.02. The van der Waals surface area contributed by atoms with Crippen LogP contribution in [0, 0.1) is 0 Å². The fourth-order valence-electron chi connectivity index (χ4n) is 1.90. The van der Waals surface area contributed by atoms with Gasteiger partial charge < -0.3 is 19.5 Å². The maximum absolute atomic E-state index is 11.8. The molecule has 0 atom stereocenters. The first-order chi connectivity index (χ1) is 11.6. The summed E-state index contributed by atoms with van der Waals surface area (Å²) in [7, 11) is 1.57. The number of carbonyl (C=O) groups is 1. The van der Waals surface area contributed by atoms with Crippen molar-refractivity contribution in [1.82, 2.24) is 5.32 Å². The zero-order valence-corrected chi connectivity index (χ0v) is 14.6. The summed E-state index contributed by atoms with van der Waals surface area (Å²) in [5.41, 5.74) is 0. The topological polar surface area (TPSA) is 56.8 Å². The molecule has 0 heterocycles. The Morgan fingerprint density at radius 1 is 1.00 bits per heavy atom. The number of para-hydroxylation sites is 3. The van der Waals surface area contributed by atoms with Gasteiger partial charge in [0.05, 0.1) is 23.7 Å². The van der Waals surface area contributed by atoms with E-state index in [-0.39, 0.29) is 12.5 Å². The molecule has 2 aromatic rings. The smallest absolute Gasteiger partial charge is 0.258 e. The Morgan fingerprint density at radius 3 is 2.33 bits per heavy atom. The number of halogens is 2. The van der Waals surface area contributed by atoms with Crippen LogP contribution in [0.1, 0.15) is 0 Å². The first-order valence-electron chi connectivity index (χ1n) is 7.21. The summed E-state index contributed by atoms with van der Waals surface area (Å²) in [6, 6.07) is 12.3. The zero-order valence-electron chi connectivity index (χ0n) is 13.1. The predicted octanol–water partition coefficient (Wildman–Crippen LogP) is 3.58. The molecule has 2 rings (SSSR count). The monoisotopic (exact) mass is 369 g/mol. The molecule has 0 fully saturated rings. The molecule has 1 N–H and O–H groups in total. The molecule has 0 unspecified atom stereocenters. The molecule has 0 saturated carbocycles. The van der Waals surface area contributed by atoms with Gasteiger partial charge in [-0.25, -0.2) is 0 Å². The van der Waals surface area contributed by atoms with Crippen molar-refractivity contribution in [1.29, 1.82) is 0 Å². The lowest BCUT2D eigenvalue weighted by Crippen LogP contribution is -2.32. The van der Waals surface area contributed by atoms with E-state index in [1.807, 2.05) is 12.1 Å². The van der Waals surface area contributed by atoms with E-state index in [9.17, 15) is 4.79 Å². The molecule has 0 aliphatic heterocycles. The van der Waals surface area contributed by atoms with Crippen LogP contribution in [0.4, 0.5) is 0 Å². The second kappa shape index (κ2) is 9.25. The van der Waals surface area contributed by atoms with Gasteiger partial charge in [0.2, 0.25) is 0 Å². The highest BCUT2D eigenvalue weighted by Gasteiger charge is 2.09. The van der Waals surface area contributed by atoms with Gasteiger partial charge in [0, 0.05) is 0 Å². The molecule has 0 radical (unpaired) electrons. The van der Waals surface area contributed by atoms with Crippen molar-refractivity contribution < 1.29 is 19.0 Å². The molecule has 24 heavy (non-hydrogen) atoms. The van der Waals surface area contributed by atoms with Crippen molar-refractivity contribution >= 4 is 29.1 Å². The Kier molecular flexibility index (Phi) is 7.03. The molecule has 0 aliphatic rings. The number of nitrogens with one attached hydrogen (secondary N) is 1. The van der Waals surface area contributed by atoms with Crippen LogP contribution < -0.4 is 19.5 Å². The zero-order chi connectivity index (χ0) is 17.4. The highest BCUT2D eigenvalue weighted by atomic mass is 35.5. The van der Waals surface area contributed by atoms with Gasteiger partial charge in [0.25, 0.3) is 5.91 Å². The van der Waals surface area contributed by atoms with Crippen LogP contribution in [0.2, 0.25) is 10.0 Å². The van der Waals surface area contributed by atoms with Crippen molar-refractivity contribution in [3.8, 4) is 17.2 Å². The molecule has 1 amide bonds. The molecule has 0 saturated heterocycles. The average Bonchev–Trinajstić information content (AvgIpc) is 2.58. The highest BCUT2D eigenvalue weighted by Crippen LogP contribution is 2.32. The number of hydrogen-bond donors (Lipinski definition) is 1. The summed E-state index contributed by atoms with van der Waals surface area (Å²) >= 11 is 11.9. The van der Waals surface area contributed by atoms with Crippen molar-refractivity contribution in [2.75, 3.05) is 26.9 Å². The van der Waals surface area contributed by atoms with Gasteiger partial charge in [-0.1, -0.05) is 41.4 Å². The van der Waals surface area contributed by atoms with Crippen LogP contribution in [0.5, 0.6) is 17.2 Å². The maximum atomic E-state index is 11.8. The minimum absolute atomic E-state index is 0.182. The summed E-state index contributed by atoms with van der Waals surface area (Å²) in [5.74, 6) is 1.25. The molecule has 0 bridgehead atoms. The number of amides is 1. The van der Waals surface area contributed by atoms with Crippen LogP contribution >= 0.6 is 23.2 Å². The van der Waals surface area contributed by atoms with Gasteiger partial charge in [-0.2, -0.15) is 0 Å². The second-order valence-corrected chi connectivity index (χ2v) is 5.50. The molecule has 0 spiro atoms. The summed E-state index contributed by atoms with van der Waals surface area (Å²) in [6.07, 6.45) is 0. The van der Waals surface area contributed by atoms with Crippen LogP contribution in [-0.4, -0.2) is 32.8 Å². The molecule has 2 aromatic carbocycles. The maximum Gasteiger partial charge on any atom is 0.258 e. The SMILES string of the molecule is COc1ccccc1OCCNC(=O)COc1c(Cl)cccc1Cl. The fraction of sp³-hybridized carbons (Fsp3) is 0.235. The molecule has 128 valence electrons. The number of benzene rings is 2. The molecular weight excluding hydrogens is 353 g/mol. The van der Waals surface area contributed by atoms with Gasteiger partial charge in [0.15, 0.2) is 23.9 Å². The second-order valence-electron chi connectivity index (χ2n) is 4.69. The average molecular weight is 370 g/mol. The molecule has 7 heteroatoms. The molecular formula is C17H17Cl2NO4. The fourth-order valence-corrected chi connectivity index (χ4v) is 2.41. The van der Waals surface area contributed by atoms with Crippen molar-refractivity contribution in [2.45, 2.75) is 0 Å². The molecule has 5 nitrogen and oxygen atoms in total. The van der Waals surface area contributed by atoms with Crippen LogP contribution in [0.25, 0.3) is 0 Å². The van der Waals surface area contributed by atoms with E-state index in [1.54, 1.807) is 37.4 Å². The van der Waals surface area contributed by atoms with Gasteiger partial charge in [-0.05, 0) is 24.3 Å². The van der Waals surface area contributed by atoms with E-state index in [0.717, 1.165) is 0 Å². The Morgan fingerprint density at radius 2 is 1.67 bits per heavy atom. The van der Waals surface area contributed by atoms with Crippen LogP contribution in [-0.2, 0) is 4.79 Å². The minimum Gasteiger partial charge on any atom is -0.493 e. The Balaban J connectivity index is 1.72. The van der Waals surface area contributed by atoms with Crippen molar-refractivity contribution in [3.63, 3.8) is 0 Å². The first kappa shape index (κ1) is 18.2. The summed E-state index contributed by atoms with van der Waals surface area (Å²) in [6.45, 7) is 0.452. The van der Waals surface area contributed by atoms with Crippen LogP contribution in [0.3, 0.4) is 0 Å². The van der Waals surface area contributed by atoms with Gasteiger partial charge in [0.1, 0.15) is 6.61 Å². The minimum atomic E-state index is -0.297. The van der Waals surface area contributed by atoms with E-state index in [4.69, 9.17) is 37.4 Å². The summed E-state index contributed by atoms with van der Waals surface area (Å²) in [4.78, 5) is 11.8. The Labute approximate surface area is 150 Å². The number of hydrogen-bond acceptors (Lipinski definition) is 4. The lowest BCUT2D eigenvalue weighted by atomic mass is 10.3. The molecule has 0 aliphatic carbocycles. The number of methoxy groups -OCH3 is 1. The van der Waals surface area contributed by atoms with Crippen LogP contribution in [0.15, 0.2) is 42.5 Å². The summed E-state index contributed by atoms with van der Waals surface area (Å²) < 4.78 is 16.1. The Hall–Kier alpha value is -2.11. The van der Waals surface area contributed by atoms with Gasteiger partial charge in [-0.15, -0.1) is 0 Å². The largest absolute Gasteiger partial charge is 0.493 e.